The Bertz CT molecular complexity index is 637. The number of ether oxygens (including phenoxy) is 1. The van der Waals surface area contributed by atoms with Crippen LogP contribution in [0.15, 0.2) is 54.6 Å². The first-order valence-corrected chi connectivity index (χ1v) is 8.30. The highest BCUT2D eigenvalue weighted by Gasteiger charge is 2.00. The molecule has 0 aliphatic heterocycles. The molecule has 0 aliphatic rings. The lowest BCUT2D eigenvalue weighted by Gasteiger charge is -2.16. The second-order valence-corrected chi connectivity index (χ2v) is 5.85. The average molecular weight is 323 g/mol. The third-order valence-electron chi connectivity index (χ3n) is 3.72. The normalized spacial score (nSPS) is 10.5. The van der Waals surface area contributed by atoms with Crippen LogP contribution in [0.5, 0.6) is 5.75 Å². The standard InChI is InChI=1S/C20H25N3O/c1-23(17-18-7-3-2-4-8-18)13-6-12-22-16-19-9-5-10-20(15-19)24-14-11-21/h2-5,7-10,15,22H,6,12-14,16-17H2,1H3. The zero-order valence-corrected chi connectivity index (χ0v) is 14.2. The summed E-state index contributed by atoms with van der Waals surface area (Å²) in [6.45, 7) is 3.92. The number of hydrogen-bond donors (Lipinski definition) is 1. The molecule has 2 rings (SSSR count). The SMILES string of the molecule is CN(CCCNCc1cccc(OCC#N)c1)Cc1ccccc1. The van der Waals surface area contributed by atoms with Gasteiger partial charge in [0.2, 0.25) is 0 Å². The molecule has 4 nitrogen and oxygen atoms in total. The van der Waals surface area contributed by atoms with E-state index < -0.39 is 0 Å². The molecule has 0 fully saturated rings. The summed E-state index contributed by atoms with van der Waals surface area (Å²) in [7, 11) is 2.16. The number of hydrogen-bond acceptors (Lipinski definition) is 4. The fraction of sp³-hybridized carbons (Fsp3) is 0.350. The Hall–Kier alpha value is -2.35. The molecular formula is C20H25N3O. The molecule has 0 heterocycles. The van der Waals surface area contributed by atoms with Gasteiger partial charge in [-0.3, -0.25) is 0 Å². The van der Waals surface area contributed by atoms with Crippen molar-refractivity contribution in [3.8, 4) is 11.8 Å². The van der Waals surface area contributed by atoms with E-state index in [9.17, 15) is 0 Å². The van der Waals surface area contributed by atoms with Gasteiger partial charge in [-0.2, -0.15) is 5.26 Å². The maximum atomic E-state index is 8.54. The van der Waals surface area contributed by atoms with Crippen molar-refractivity contribution in [2.24, 2.45) is 0 Å². The molecule has 0 amide bonds. The zero-order valence-electron chi connectivity index (χ0n) is 14.2. The van der Waals surface area contributed by atoms with Crippen molar-refractivity contribution in [2.45, 2.75) is 19.5 Å². The average Bonchev–Trinajstić information content (AvgIpc) is 2.61. The van der Waals surface area contributed by atoms with Crippen molar-refractivity contribution >= 4 is 0 Å². The quantitative estimate of drug-likeness (QED) is 0.682. The number of benzene rings is 2. The Morgan fingerprint density at radius 3 is 2.67 bits per heavy atom. The van der Waals surface area contributed by atoms with Gasteiger partial charge in [0, 0.05) is 13.1 Å². The fourth-order valence-corrected chi connectivity index (χ4v) is 2.54. The number of rotatable bonds is 10. The summed E-state index contributed by atoms with van der Waals surface area (Å²) in [6.07, 6.45) is 1.11. The maximum absolute atomic E-state index is 8.54. The minimum absolute atomic E-state index is 0.0879. The predicted octanol–water partition coefficient (Wildman–Crippen LogP) is 3.20. The molecule has 126 valence electrons. The molecule has 2 aromatic rings. The first-order valence-electron chi connectivity index (χ1n) is 8.30. The molecule has 0 radical (unpaired) electrons. The van der Waals surface area contributed by atoms with Gasteiger partial charge in [0.25, 0.3) is 0 Å². The van der Waals surface area contributed by atoms with Crippen LogP contribution in [0.1, 0.15) is 17.5 Å². The molecule has 0 aromatic heterocycles. The van der Waals surface area contributed by atoms with Gasteiger partial charge >= 0.3 is 0 Å². The fourth-order valence-electron chi connectivity index (χ4n) is 2.54. The van der Waals surface area contributed by atoms with Crippen LogP contribution >= 0.6 is 0 Å². The van der Waals surface area contributed by atoms with Crippen LogP contribution in [0.2, 0.25) is 0 Å². The van der Waals surface area contributed by atoms with Crippen LogP contribution < -0.4 is 10.1 Å². The minimum Gasteiger partial charge on any atom is -0.479 e. The second kappa shape index (κ2) is 10.4. The summed E-state index contributed by atoms with van der Waals surface area (Å²) in [6, 6.07) is 20.4. The molecule has 1 N–H and O–H groups in total. The Kier molecular flexibility index (Phi) is 7.82. The van der Waals surface area contributed by atoms with Gasteiger partial charge in [0.15, 0.2) is 6.61 Å². The molecule has 0 aliphatic carbocycles. The molecule has 2 aromatic carbocycles. The van der Waals surface area contributed by atoms with Gasteiger partial charge < -0.3 is 15.0 Å². The van der Waals surface area contributed by atoms with Crippen molar-refractivity contribution in [1.82, 2.24) is 10.2 Å². The zero-order chi connectivity index (χ0) is 17.0. The largest absolute Gasteiger partial charge is 0.479 e. The van der Waals surface area contributed by atoms with Gasteiger partial charge in [-0.15, -0.1) is 0 Å². The van der Waals surface area contributed by atoms with E-state index in [0.717, 1.165) is 38.3 Å². The van der Waals surface area contributed by atoms with Gasteiger partial charge in [-0.05, 0) is 49.8 Å². The lowest BCUT2D eigenvalue weighted by molar-refractivity contribution is 0.319. The lowest BCUT2D eigenvalue weighted by atomic mass is 10.2. The van der Waals surface area contributed by atoms with Crippen molar-refractivity contribution in [3.63, 3.8) is 0 Å². The molecule has 4 heteroatoms. The summed E-state index contributed by atoms with van der Waals surface area (Å²) in [5.41, 5.74) is 2.52. The summed E-state index contributed by atoms with van der Waals surface area (Å²) < 4.78 is 5.32. The summed E-state index contributed by atoms with van der Waals surface area (Å²) in [5, 5.41) is 12.0. The van der Waals surface area contributed by atoms with Crippen LogP contribution in [0, 0.1) is 11.3 Å². The second-order valence-electron chi connectivity index (χ2n) is 5.85. The van der Waals surface area contributed by atoms with E-state index in [1.54, 1.807) is 0 Å². The first-order chi connectivity index (χ1) is 11.8. The van der Waals surface area contributed by atoms with Crippen LogP contribution in [-0.2, 0) is 13.1 Å². The van der Waals surface area contributed by atoms with Crippen LogP contribution in [0.4, 0.5) is 0 Å². The highest BCUT2D eigenvalue weighted by atomic mass is 16.5. The van der Waals surface area contributed by atoms with E-state index >= 15 is 0 Å². The van der Waals surface area contributed by atoms with Gasteiger partial charge in [0.1, 0.15) is 11.8 Å². The highest BCUT2D eigenvalue weighted by molar-refractivity contribution is 5.28. The van der Waals surface area contributed by atoms with Crippen LogP contribution in [-0.4, -0.2) is 31.6 Å². The third-order valence-corrected chi connectivity index (χ3v) is 3.72. The van der Waals surface area contributed by atoms with E-state index in [-0.39, 0.29) is 6.61 Å². The maximum Gasteiger partial charge on any atom is 0.174 e. The van der Waals surface area contributed by atoms with Gasteiger partial charge in [-0.1, -0.05) is 42.5 Å². The summed E-state index contributed by atoms with van der Waals surface area (Å²) >= 11 is 0. The van der Waals surface area contributed by atoms with Gasteiger partial charge in [0.05, 0.1) is 0 Å². The molecule has 0 unspecified atom stereocenters. The first kappa shape index (κ1) is 18.0. The molecular weight excluding hydrogens is 298 g/mol. The topological polar surface area (TPSA) is 48.3 Å². The highest BCUT2D eigenvalue weighted by Crippen LogP contribution is 2.13. The van der Waals surface area contributed by atoms with E-state index in [1.807, 2.05) is 30.3 Å². The monoisotopic (exact) mass is 323 g/mol. The van der Waals surface area contributed by atoms with Crippen molar-refractivity contribution in [3.05, 3.63) is 65.7 Å². The molecule has 0 saturated heterocycles. The van der Waals surface area contributed by atoms with E-state index in [1.165, 1.54) is 11.1 Å². The third kappa shape index (κ3) is 6.82. The molecule has 0 bridgehead atoms. The van der Waals surface area contributed by atoms with Crippen molar-refractivity contribution in [1.29, 1.82) is 5.26 Å². The van der Waals surface area contributed by atoms with E-state index in [2.05, 4.69) is 47.6 Å². The van der Waals surface area contributed by atoms with Gasteiger partial charge in [-0.25, -0.2) is 0 Å². The lowest BCUT2D eigenvalue weighted by Crippen LogP contribution is -2.23. The smallest absolute Gasteiger partial charge is 0.174 e. The number of nitriles is 1. The Balaban J connectivity index is 1.62. The number of nitrogens with zero attached hydrogens (tertiary/aromatic N) is 2. The Morgan fingerprint density at radius 2 is 1.88 bits per heavy atom. The predicted molar refractivity (Wildman–Crippen MR) is 96.6 cm³/mol. The summed E-state index contributed by atoms with van der Waals surface area (Å²) in [4.78, 5) is 2.34. The molecule has 24 heavy (non-hydrogen) atoms. The molecule has 0 atom stereocenters. The van der Waals surface area contributed by atoms with Crippen LogP contribution in [0.25, 0.3) is 0 Å². The Morgan fingerprint density at radius 1 is 1.08 bits per heavy atom. The van der Waals surface area contributed by atoms with Crippen molar-refractivity contribution in [2.75, 3.05) is 26.7 Å². The molecule has 0 spiro atoms. The number of nitrogens with one attached hydrogen (secondary N) is 1. The Labute approximate surface area is 144 Å². The van der Waals surface area contributed by atoms with E-state index in [4.69, 9.17) is 10.00 Å². The van der Waals surface area contributed by atoms with Crippen molar-refractivity contribution < 1.29 is 4.74 Å². The summed E-state index contributed by atoms with van der Waals surface area (Å²) in [5.74, 6) is 0.749. The molecule has 0 saturated carbocycles. The van der Waals surface area contributed by atoms with E-state index in [0.29, 0.717) is 0 Å². The van der Waals surface area contributed by atoms with Crippen LogP contribution in [0.3, 0.4) is 0 Å². The minimum atomic E-state index is 0.0879.